The van der Waals surface area contributed by atoms with Crippen molar-refractivity contribution in [1.29, 1.82) is 0 Å². The van der Waals surface area contributed by atoms with Crippen LogP contribution in [0.3, 0.4) is 0 Å². The molecule has 2 heterocycles. The zero-order valence-corrected chi connectivity index (χ0v) is 8.15. The maximum atomic E-state index is 11.3. The van der Waals surface area contributed by atoms with Crippen molar-refractivity contribution >= 4 is 27.4 Å². The van der Waals surface area contributed by atoms with Crippen molar-refractivity contribution in [3.05, 3.63) is 39.2 Å². The molecule has 2 aromatic heterocycles. The van der Waals surface area contributed by atoms with Gasteiger partial charge in [-0.25, -0.2) is 4.98 Å². The van der Waals surface area contributed by atoms with Gasteiger partial charge in [-0.1, -0.05) is 15.9 Å². The predicted molar refractivity (Wildman–Crippen MR) is 53.6 cm³/mol. The van der Waals surface area contributed by atoms with Gasteiger partial charge in [-0.2, -0.15) is 0 Å². The van der Waals surface area contributed by atoms with E-state index in [1.807, 2.05) is 0 Å². The van der Waals surface area contributed by atoms with Crippen LogP contribution in [0.15, 0.2) is 33.7 Å². The third-order valence-corrected chi connectivity index (χ3v) is 2.14. The van der Waals surface area contributed by atoms with E-state index < -0.39 is 0 Å². The summed E-state index contributed by atoms with van der Waals surface area (Å²) in [4.78, 5) is 15.3. The van der Waals surface area contributed by atoms with Crippen LogP contribution < -0.4 is 11.3 Å². The van der Waals surface area contributed by atoms with Gasteiger partial charge >= 0.3 is 0 Å². The summed E-state index contributed by atoms with van der Waals surface area (Å²) in [5.41, 5.74) is 5.80. The lowest BCUT2D eigenvalue weighted by atomic mass is 10.4. The fourth-order valence-corrected chi connectivity index (χ4v) is 1.42. The Morgan fingerprint density at radius 1 is 1.46 bits per heavy atom. The maximum absolute atomic E-state index is 11.3. The normalized spacial score (nSPS) is 10.5. The first-order chi connectivity index (χ1) is 6.16. The molecule has 0 aromatic carbocycles. The van der Waals surface area contributed by atoms with E-state index in [0.29, 0.717) is 5.65 Å². The van der Waals surface area contributed by atoms with Crippen molar-refractivity contribution in [3.8, 4) is 0 Å². The molecule has 4 nitrogen and oxygen atoms in total. The van der Waals surface area contributed by atoms with E-state index in [-0.39, 0.29) is 11.4 Å². The molecule has 2 aromatic rings. The van der Waals surface area contributed by atoms with E-state index in [9.17, 15) is 4.79 Å². The van der Waals surface area contributed by atoms with E-state index in [1.165, 1.54) is 10.5 Å². The van der Waals surface area contributed by atoms with E-state index in [0.717, 1.165) is 4.47 Å². The highest BCUT2D eigenvalue weighted by atomic mass is 79.9. The number of nitrogens with zero attached hydrogens (tertiary/aromatic N) is 2. The monoisotopic (exact) mass is 239 g/mol. The third-order valence-electron chi connectivity index (χ3n) is 1.65. The van der Waals surface area contributed by atoms with E-state index in [4.69, 9.17) is 5.73 Å². The topological polar surface area (TPSA) is 60.4 Å². The zero-order chi connectivity index (χ0) is 9.42. The lowest BCUT2D eigenvalue weighted by molar-refractivity contribution is 1.05. The molecule has 0 aliphatic carbocycles. The van der Waals surface area contributed by atoms with Crippen LogP contribution in [0.1, 0.15) is 0 Å². The van der Waals surface area contributed by atoms with Gasteiger partial charge in [-0.3, -0.25) is 9.20 Å². The second-order valence-electron chi connectivity index (χ2n) is 2.59. The van der Waals surface area contributed by atoms with Crippen LogP contribution >= 0.6 is 15.9 Å². The van der Waals surface area contributed by atoms with Gasteiger partial charge in [0, 0.05) is 16.7 Å². The summed E-state index contributed by atoms with van der Waals surface area (Å²) in [6.07, 6.45) is 1.65. The van der Waals surface area contributed by atoms with Gasteiger partial charge in [0.2, 0.25) is 0 Å². The molecule has 0 amide bonds. The average Bonchev–Trinajstić information content (AvgIpc) is 2.02. The van der Waals surface area contributed by atoms with Gasteiger partial charge < -0.3 is 5.73 Å². The molecule has 13 heavy (non-hydrogen) atoms. The van der Waals surface area contributed by atoms with Crippen LogP contribution in [0.25, 0.3) is 5.65 Å². The highest BCUT2D eigenvalue weighted by molar-refractivity contribution is 9.10. The van der Waals surface area contributed by atoms with Crippen LogP contribution in [0.2, 0.25) is 0 Å². The SMILES string of the molecule is Nc1cc(=O)n2ccc(Br)cc2n1. The highest BCUT2D eigenvalue weighted by Crippen LogP contribution is 2.10. The molecule has 2 rings (SSSR count). The first kappa shape index (κ1) is 8.25. The fourth-order valence-electron chi connectivity index (χ4n) is 1.10. The molecule has 0 atom stereocenters. The van der Waals surface area contributed by atoms with Gasteiger partial charge in [-0.05, 0) is 12.1 Å². The summed E-state index contributed by atoms with van der Waals surface area (Å²) in [5, 5.41) is 0. The quantitative estimate of drug-likeness (QED) is 0.748. The Hall–Kier alpha value is -1.36. The Balaban J connectivity index is 2.95. The van der Waals surface area contributed by atoms with Gasteiger partial charge in [0.1, 0.15) is 11.5 Å². The van der Waals surface area contributed by atoms with Crippen molar-refractivity contribution in [1.82, 2.24) is 9.38 Å². The lowest BCUT2D eigenvalue weighted by Crippen LogP contribution is -2.14. The summed E-state index contributed by atoms with van der Waals surface area (Å²) in [6, 6.07) is 4.80. The van der Waals surface area contributed by atoms with Crippen LogP contribution in [0, 0.1) is 0 Å². The molecule has 0 aliphatic rings. The van der Waals surface area contributed by atoms with Gasteiger partial charge in [0.05, 0.1) is 0 Å². The van der Waals surface area contributed by atoms with Crippen molar-refractivity contribution in [2.24, 2.45) is 0 Å². The number of hydrogen-bond acceptors (Lipinski definition) is 3. The summed E-state index contributed by atoms with van der Waals surface area (Å²) in [5.74, 6) is 0.239. The number of nitrogens with two attached hydrogens (primary N) is 1. The smallest absolute Gasteiger partial charge is 0.259 e. The molecule has 0 saturated heterocycles. The number of fused-ring (bicyclic) bond motifs is 1. The fraction of sp³-hybridized carbons (Fsp3) is 0. The molecule has 2 N–H and O–H groups in total. The minimum Gasteiger partial charge on any atom is -0.383 e. The van der Waals surface area contributed by atoms with Crippen molar-refractivity contribution < 1.29 is 0 Å². The number of halogens is 1. The van der Waals surface area contributed by atoms with E-state index in [2.05, 4.69) is 20.9 Å². The largest absolute Gasteiger partial charge is 0.383 e. The van der Waals surface area contributed by atoms with Crippen molar-refractivity contribution in [3.63, 3.8) is 0 Å². The second-order valence-corrected chi connectivity index (χ2v) is 3.51. The first-order valence-electron chi connectivity index (χ1n) is 3.61. The summed E-state index contributed by atoms with van der Waals surface area (Å²) in [6.45, 7) is 0. The Labute approximate surface area is 82.1 Å². The Morgan fingerprint density at radius 3 is 3.00 bits per heavy atom. The zero-order valence-electron chi connectivity index (χ0n) is 6.57. The maximum Gasteiger partial charge on any atom is 0.259 e. The van der Waals surface area contributed by atoms with Crippen LogP contribution in [-0.2, 0) is 0 Å². The third kappa shape index (κ3) is 1.42. The average molecular weight is 240 g/mol. The molecule has 0 saturated carbocycles. The number of aromatic nitrogens is 2. The highest BCUT2D eigenvalue weighted by Gasteiger charge is 1.98. The molecule has 0 spiro atoms. The molecule has 66 valence electrons. The molecule has 0 radical (unpaired) electrons. The lowest BCUT2D eigenvalue weighted by Gasteiger charge is -2.00. The molecular weight excluding hydrogens is 234 g/mol. The summed E-state index contributed by atoms with van der Waals surface area (Å²) < 4.78 is 2.30. The van der Waals surface area contributed by atoms with Gasteiger partial charge in [-0.15, -0.1) is 0 Å². The van der Waals surface area contributed by atoms with E-state index >= 15 is 0 Å². The van der Waals surface area contributed by atoms with Gasteiger partial charge in [0.25, 0.3) is 5.56 Å². The molecular formula is C8H6BrN3O. The van der Waals surface area contributed by atoms with Crippen LogP contribution in [0.4, 0.5) is 5.82 Å². The minimum absolute atomic E-state index is 0.171. The Morgan fingerprint density at radius 2 is 2.23 bits per heavy atom. The molecule has 0 bridgehead atoms. The Kier molecular flexibility index (Phi) is 1.81. The summed E-state index contributed by atoms with van der Waals surface area (Å²) >= 11 is 3.29. The number of nitrogen functional groups attached to an aromatic ring is 1. The van der Waals surface area contributed by atoms with Crippen molar-refractivity contribution in [2.45, 2.75) is 0 Å². The molecule has 5 heteroatoms. The number of pyridine rings is 1. The second kappa shape index (κ2) is 2.85. The van der Waals surface area contributed by atoms with Crippen LogP contribution in [-0.4, -0.2) is 9.38 Å². The van der Waals surface area contributed by atoms with Crippen LogP contribution in [0.5, 0.6) is 0 Å². The molecule has 0 aliphatic heterocycles. The number of rotatable bonds is 0. The molecule has 0 unspecified atom stereocenters. The van der Waals surface area contributed by atoms with Gasteiger partial charge in [0.15, 0.2) is 0 Å². The molecule has 0 fully saturated rings. The summed E-state index contributed by atoms with van der Waals surface area (Å²) in [7, 11) is 0. The first-order valence-corrected chi connectivity index (χ1v) is 4.40. The minimum atomic E-state index is -0.171. The predicted octanol–water partition coefficient (Wildman–Crippen LogP) is 1.04. The Bertz CT molecular complexity index is 515. The number of hydrogen-bond donors (Lipinski definition) is 1. The standard InChI is InChI=1S/C8H6BrN3O/c9-5-1-2-12-7(3-5)11-6(10)4-8(12)13/h1-4H,10H2. The van der Waals surface area contributed by atoms with Crippen molar-refractivity contribution in [2.75, 3.05) is 5.73 Å². The number of anilines is 1. The van der Waals surface area contributed by atoms with E-state index in [1.54, 1.807) is 18.3 Å².